The van der Waals surface area contributed by atoms with Crippen LogP contribution in [0.5, 0.6) is 0 Å². The average molecular weight is 465 g/mol. The second kappa shape index (κ2) is 12.0. The third-order valence-electron chi connectivity index (χ3n) is 7.24. The summed E-state index contributed by atoms with van der Waals surface area (Å²) in [5.74, 6) is 0.245. The molecule has 2 aromatic rings. The average Bonchev–Trinajstić information content (AvgIpc) is 2.87. The van der Waals surface area contributed by atoms with E-state index in [1.165, 1.54) is 16.8 Å². The highest BCUT2D eigenvalue weighted by atomic mass is 16.5. The van der Waals surface area contributed by atoms with Gasteiger partial charge < -0.3 is 14.4 Å². The van der Waals surface area contributed by atoms with Crippen LogP contribution in [-0.2, 0) is 16.0 Å². The fourth-order valence-electron chi connectivity index (χ4n) is 5.26. The van der Waals surface area contributed by atoms with Crippen LogP contribution in [-0.4, -0.2) is 62.8 Å². The van der Waals surface area contributed by atoms with Crippen LogP contribution < -0.4 is 4.90 Å². The van der Waals surface area contributed by atoms with E-state index in [1.54, 1.807) is 0 Å². The third-order valence-corrected chi connectivity index (χ3v) is 7.24. The Morgan fingerprint density at radius 1 is 0.971 bits per heavy atom. The molecule has 2 fully saturated rings. The van der Waals surface area contributed by atoms with Crippen molar-refractivity contribution in [1.29, 1.82) is 0 Å². The summed E-state index contributed by atoms with van der Waals surface area (Å²) in [6.07, 6.45) is 3.52. The molecule has 2 aliphatic heterocycles. The number of carbonyl (C=O) groups excluding carboxylic acids is 1. The number of hydrogen-bond acceptors (Lipinski definition) is 5. The first-order valence-electron chi connectivity index (χ1n) is 13.0. The SMILES string of the molecule is CCCC(=O)c1cc(-c2ccc(CN3CCOCC3)cc2)cc(N(CC)C2CCOCC2)c1C. The Hall–Kier alpha value is -2.21. The Bertz CT molecular complexity index is 945. The predicted molar refractivity (Wildman–Crippen MR) is 139 cm³/mol. The molecular formula is C29H40N2O3. The van der Waals surface area contributed by atoms with Crippen molar-refractivity contribution >= 4 is 11.5 Å². The van der Waals surface area contributed by atoms with Crippen molar-refractivity contribution < 1.29 is 14.3 Å². The second-order valence-corrected chi connectivity index (χ2v) is 9.56. The Balaban J connectivity index is 1.66. The van der Waals surface area contributed by atoms with Gasteiger partial charge in [0.1, 0.15) is 0 Å². The lowest BCUT2D eigenvalue weighted by Crippen LogP contribution is -2.40. The molecule has 4 rings (SSSR count). The Kier molecular flexibility index (Phi) is 8.76. The molecule has 2 heterocycles. The molecule has 0 atom stereocenters. The van der Waals surface area contributed by atoms with Gasteiger partial charge in [-0.05, 0) is 67.5 Å². The highest BCUT2D eigenvalue weighted by molar-refractivity contribution is 6.00. The number of anilines is 1. The molecule has 34 heavy (non-hydrogen) atoms. The lowest BCUT2D eigenvalue weighted by atomic mass is 9.92. The summed E-state index contributed by atoms with van der Waals surface area (Å²) in [7, 11) is 0. The maximum atomic E-state index is 13.1. The smallest absolute Gasteiger partial charge is 0.163 e. The van der Waals surface area contributed by atoms with Crippen LogP contribution in [0.3, 0.4) is 0 Å². The molecule has 0 unspecified atom stereocenters. The van der Waals surface area contributed by atoms with Gasteiger partial charge in [-0.2, -0.15) is 0 Å². The van der Waals surface area contributed by atoms with E-state index in [-0.39, 0.29) is 5.78 Å². The van der Waals surface area contributed by atoms with E-state index < -0.39 is 0 Å². The number of rotatable bonds is 9. The van der Waals surface area contributed by atoms with E-state index in [1.807, 2.05) is 0 Å². The second-order valence-electron chi connectivity index (χ2n) is 9.56. The minimum Gasteiger partial charge on any atom is -0.381 e. The molecule has 2 saturated heterocycles. The van der Waals surface area contributed by atoms with Gasteiger partial charge in [-0.25, -0.2) is 0 Å². The van der Waals surface area contributed by atoms with Crippen molar-refractivity contribution in [1.82, 2.24) is 4.90 Å². The number of carbonyl (C=O) groups is 1. The molecule has 0 saturated carbocycles. The molecule has 5 heteroatoms. The standard InChI is InChI=1S/C29H40N2O3/c1-4-6-29(32)27-19-25(20-28(22(27)3)31(5-2)26-11-15-33-16-12-26)24-9-7-23(8-10-24)21-30-13-17-34-18-14-30/h7-10,19-20,26H,4-6,11-18,21H2,1-3H3. The number of nitrogens with zero attached hydrogens (tertiary/aromatic N) is 2. The molecule has 0 amide bonds. The Morgan fingerprint density at radius 3 is 2.29 bits per heavy atom. The Morgan fingerprint density at radius 2 is 1.65 bits per heavy atom. The van der Waals surface area contributed by atoms with E-state index in [0.29, 0.717) is 12.5 Å². The summed E-state index contributed by atoms with van der Waals surface area (Å²) >= 11 is 0. The summed E-state index contributed by atoms with van der Waals surface area (Å²) in [6, 6.07) is 13.8. The number of ketones is 1. The van der Waals surface area contributed by atoms with Gasteiger partial charge in [0.05, 0.1) is 13.2 Å². The van der Waals surface area contributed by atoms with E-state index in [2.05, 4.69) is 67.0 Å². The molecular weight excluding hydrogens is 424 g/mol. The van der Waals surface area contributed by atoms with Crippen molar-refractivity contribution in [2.24, 2.45) is 0 Å². The van der Waals surface area contributed by atoms with Gasteiger partial charge in [-0.15, -0.1) is 0 Å². The fraction of sp³-hybridized carbons (Fsp3) is 0.552. The molecule has 5 nitrogen and oxygen atoms in total. The maximum absolute atomic E-state index is 13.1. The molecule has 0 spiro atoms. The maximum Gasteiger partial charge on any atom is 0.163 e. The fourth-order valence-corrected chi connectivity index (χ4v) is 5.26. The van der Waals surface area contributed by atoms with Crippen molar-refractivity contribution in [3.8, 4) is 11.1 Å². The largest absolute Gasteiger partial charge is 0.381 e. The van der Waals surface area contributed by atoms with Crippen LogP contribution >= 0.6 is 0 Å². The number of Topliss-reactive ketones (excluding diaryl/α,β-unsaturated/α-hetero) is 1. The molecule has 184 valence electrons. The van der Waals surface area contributed by atoms with Crippen molar-refractivity contribution in [3.63, 3.8) is 0 Å². The van der Waals surface area contributed by atoms with Gasteiger partial charge >= 0.3 is 0 Å². The van der Waals surface area contributed by atoms with Crippen LogP contribution in [0.25, 0.3) is 11.1 Å². The molecule has 0 bridgehead atoms. The van der Waals surface area contributed by atoms with Crippen molar-refractivity contribution in [3.05, 3.63) is 53.1 Å². The van der Waals surface area contributed by atoms with E-state index in [9.17, 15) is 4.79 Å². The molecule has 0 aliphatic carbocycles. The Labute approximate surface area is 205 Å². The van der Waals surface area contributed by atoms with Crippen molar-refractivity contribution in [2.45, 2.75) is 59.0 Å². The minimum absolute atomic E-state index is 0.245. The normalized spacial score (nSPS) is 17.6. The van der Waals surface area contributed by atoms with Gasteiger partial charge in [0.15, 0.2) is 5.78 Å². The molecule has 2 aromatic carbocycles. The van der Waals surface area contributed by atoms with Crippen LogP contribution in [0.2, 0.25) is 0 Å². The zero-order chi connectivity index (χ0) is 23.9. The summed E-state index contributed by atoms with van der Waals surface area (Å²) in [6.45, 7) is 13.5. The number of ether oxygens (including phenoxy) is 2. The van der Waals surface area contributed by atoms with Gasteiger partial charge in [-0.1, -0.05) is 31.2 Å². The summed E-state index contributed by atoms with van der Waals surface area (Å²) in [5.41, 5.74) is 6.79. The summed E-state index contributed by atoms with van der Waals surface area (Å²) in [5, 5.41) is 0. The zero-order valence-corrected chi connectivity index (χ0v) is 21.1. The van der Waals surface area contributed by atoms with Crippen LogP contribution in [0.4, 0.5) is 5.69 Å². The molecule has 2 aliphatic rings. The molecule has 0 N–H and O–H groups in total. The highest BCUT2D eigenvalue weighted by Gasteiger charge is 2.24. The predicted octanol–water partition coefficient (Wildman–Crippen LogP) is 5.48. The van der Waals surface area contributed by atoms with Crippen LogP contribution in [0, 0.1) is 6.92 Å². The zero-order valence-electron chi connectivity index (χ0n) is 21.1. The first-order chi connectivity index (χ1) is 16.6. The number of benzene rings is 2. The van der Waals surface area contributed by atoms with Gasteiger partial charge in [0.25, 0.3) is 0 Å². The first-order valence-corrected chi connectivity index (χ1v) is 13.0. The monoisotopic (exact) mass is 464 g/mol. The van der Waals surface area contributed by atoms with Crippen molar-refractivity contribution in [2.75, 3.05) is 51.0 Å². The topological polar surface area (TPSA) is 42.0 Å². The number of morpholine rings is 1. The van der Waals surface area contributed by atoms with E-state index >= 15 is 0 Å². The van der Waals surface area contributed by atoms with Gasteiger partial charge in [-0.3, -0.25) is 9.69 Å². The van der Waals surface area contributed by atoms with Crippen LogP contribution in [0.15, 0.2) is 36.4 Å². The highest BCUT2D eigenvalue weighted by Crippen LogP contribution is 2.34. The lowest BCUT2D eigenvalue weighted by molar-refractivity contribution is 0.0342. The quantitative estimate of drug-likeness (QED) is 0.460. The molecule has 0 aromatic heterocycles. The van der Waals surface area contributed by atoms with Gasteiger partial charge in [0, 0.05) is 63.1 Å². The summed E-state index contributed by atoms with van der Waals surface area (Å²) < 4.78 is 11.1. The summed E-state index contributed by atoms with van der Waals surface area (Å²) in [4.78, 5) is 18.0. The van der Waals surface area contributed by atoms with Gasteiger partial charge in [0.2, 0.25) is 0 Å². The lowest BCUT2D eigenvalue weighted by Gasteiger charge is -2.37. The third kappa shape index (κ3) is 5.88. The van der Waals surface area contributed by atoms with E-state index in [0.717, 1.165) is 88.6 Å². The first kappa shape index (κ1) is 24.9. The van der Waals surface area contributed by atoms with Crippen LogP contribution in [0.1, 0.15) is 61.0 Å². The minimum atomic E-state index is 0.245. The molecule has 0 radical (unpaired) electrons. The number of hydrogen-bond donors (Lipinski definition) is 0. The van der Waals surface area contributed by atoms with E-state index in [4.69, 9.17) is 9.47 Å².